The van der Waals surface area contributed by atoms with Crippen LogP contribution in [-0.2, 0) is 12.4 Å². The molecule has 1 aromatic heterocycles. The van der Waals surface area contributed by atoms with Crippen LogP contribution in [0.5, 0.6) is 0 Å². The Kier molecular flexibility index (Phi) is 5.43. The number of alkyl halides is 1. The van der Waals surface area contributed by atoms with Gasteiger partial charge in [-0.1, -0.05) is 29.8 Å². The SMILES string of the molecule is CCC(CC)(Cn1c(CCl)nc2cc(Br)ccc21)SC. The molecule has 110 valence electrons. The molecule has 0 aliphatic carbocycles. The number of thioether (sulfide) groups is 1. The summed E-state index contributed by atoms with van der Waals surface area (Å²) in [6.45, 7) is 5.48. The van der Waals surface area contributed by atoms with Gasteiger partial charge in [0, 0.05) is 15.8 Å². The Balaban J connectivity index is 2.52. The smallest absolute Gasteiger partial charge is 0.124 e. The number of imidazole rings is 1. The van der Waals surface area contributed by atoms with E-state index in [2.05, 4.69) is 63.8 Å². The first-order valence-corrected chi connectivity index (χ1v) is 9.40. The van der Waals surface area contributed by atoms with Crippen molar-refractivity contribution in [1.82, 2.24) is 9.55 Å². The van der Waals surface area contributed by atoms with Crippen LogP contribution in [0.15, 0.2) is 22.7 Å². The quantitative estimate of drug-likeness (QED) is 0.624. The highest BCUT2D eigenvalue weighted by Crippen LogP contribution is 2.34. The lowest BCUT2D eigenvalue weighted by atomic mass is 10.0. The van der Waals surface area contributed by atoms with Gasteiger partial charge in [-0.3, -0.25) is 0 Å². The van der Waals surface area contributed by atoms with E-state index in [1.807, 2.05) is 11.8 Å². The van der Waals surface area contributed by atoms with Crippen molar-refractivity contribution in [1.29, 1.82) is 0 Å². The highest BCUT2D eigenvalue weighted by atomic mass is 79.9. The molecular weight excluding hydrogens is 356 g/mol. The minimum absolute atomic E-state index is 0.252. The molecule has 0 unspecified atom stereocenters. The summed E-state index contributed by atoms with van der Waals surface area (Å²) in [7, 11) is 0. The second-order valence-corrected chi connectivity index (χ2v) is 7.43. The number of fused-ring (bicyclic) bond motifs is 1. The molecule has 0 bridgehead atoms. The Bertz CT molecular complexity index is 585. The van der Waals surface area contributed by atoms with E-state index in [9.17, 15) is 0 Å². The normalized spacial score (nSPS) is 12.2. The lowest BCUT2D eigenvalue weighted by molar-refractivity contribution is 0.466. The van der Waals surface area contributed by atoms with Crippen LogP contribution in [0.25, 0.3) is 11.0 Å². The number of nitrogens with zero attached hydrogens (tertiary/aromatic N) is 2. The average molecular weight is 376 g/mol. The zero-order chi connectivity index (χ0) is 14.8. The van der Waals surface area contributed by atoms with Crippen LogP contribution in [0.3, 0.4) is 0 Å². The van der Waals surface area contributed by atoms with E-state index >= 15 is 0 Å². The van der Waals surface area contributed by atoms with Gasteiger partial charge in [-0.05, 0) is 37.3 Å². The maximum atomic E-state index is 6.10. The Morgan fingerprint density at radius 1 is 1.35 bits per heavy atom. The highest BCUT2D eigenvalue weighted by molar-refractivity contribution is 9.10. The Labute approximate surface area is 138 Å². The molecule has 0 N–H and O–H groups in total. The molecule has 1 aromatic carbocycles. The van der Waals surface area contributed by atoms with Crippen LogP contribution in [-0.4, -0.2) is 20.6 Å². The topological polar surface area (TPSA) is 17.8 Å². The lowest BCUT2D eigenvalue weighted by Crippen LogP contribution is -2.29. The summed E-state index contributed by atoms with van der Waals surface area (Å²) in [5.41, 5.74) is 2.18. The molecule has 0 fully saturated rings. The summed E-state index contributed by atoms with van der Waals surface area (Å²) in [4.78, 5) is 4.67. The van der Waals surface area contributed by atoms with Crippen molar-refractivity contribution in [2.45, 2.75) is 43.9 Å². The summed E-state index contributed by atoms with van der Waals surface area (Å²) >= 11 is 11.5. The summed E-state index contributed by atoms with van der Waals surface area (Å²) in [6.07, 6.45) is 4.48. The minimum atomic E-state index is 0.252. The van der Waals surface area contributed by atoms with Crippen molar-refractivity contribution in [3.63, 3.8) is 0 Å². The fourth-order valence-electron chi connectivity index (χ4n) is 2.55. The Morgan fingerprint density at radius 3 is 2.60 bits per heavy atom. The van der Waals surface area contributed by atoms with Crippen molar-refractivity contribution in [3.8, 4) is 0 Å². The maximum Gasteiger partial charge on any atom is 0.124 e. The number of hydrogen-bond acceptors (Lipinski definition) is 2. The molecule has 0 radical (unpaired) electrons. The molecule has 0 saturated heterocycles. The second-order valence-electron chi connectivity index (χ2n) is 4.98. The number of benzene rings is 1. The first-order valence-electron chi connectivity index (χ1n) is 6.85. The molecule has 0 aliphatic heterocycles. The van der Waals surface area contributed by atoms with E-state index in [1.165, 1.54) is 5.52 Å². The monoisotopic (exact) mass is 374 g/mol. The fraction of sp³-hybridized carbons (Fsp3) is 0.533. The van der Waals surface area contributed by atoms with Crippen LogP contribution >= 0.6 is 39.3 Å². The number of rotatable bonds is 6. The third-order valence-electron chi connectivity index (χ3n) is 4.08. The lowest BCUT2D eigenvalue weighted by Gasteiger charge is -2.31. The molecule has 0 amide bonds. The van der Waals surface area contributed by atoms with Crippen molar-refractivity contribution in [2.75, 3.05) is 6.26 Å². The van der Waals surface area contributed by atoms with Gasteiger partial charge in [-0.2, -0.15) is 11.8 Å². The molecule has 0 spiro atoms. The zero-order valence-corrected chi connectivity index (χ0v) is 15.3. The van der Waals surface area contributed by atoms with Gasteiger partial charge in [0.1, 0.15) is 5.82 Å². The van der Waals surface area contributed by atoms with Crippen LogP contribution < -0.4 is 0 Å². The van der Waals surface area contributed by atoms with Crippen molar-refractivity contribution >= 4 is 50.3 Å². The van der Waals surface area contributed by atoms with E-state index in [-0.39, 0.29) is 4.75 Å². The first-order chi connectivity index (χ1) is 9.59. The number of aromatic nitrogens is 2. The van der Waals surface area contributed by atoms with Crippen molar-refractivity contribution < 1.29 is 0 Å². The molecule has 0 saturated carbocycles. The van der Waals surface area contributed by atoms with Crippen LogP contribution in [0.1, 0.15) is 32.5 Å². The number of halogens is 2. The van der Waals surface area contributed by atoms with Crippen LogP contribution in [0, 0.1) is 0 Å². The second kappa shape index (κ2) is 6.71. The van der Waals surface area contributed by atoms with Gasteiger partial charge in [0.05, 0.1) is 16.9 Å². The summed E-state index contributed by atoms with van der Waals surface area (Å²) < 4.78 is 3.60. The predicted molar refractivity (Wildman–Crippen MR) is 93.8 cm³/mol. The standard InChI is InChI=1S/C15H20BrClN2S/c1-4-15(5-2,20-3)10-19-13-7-6-11(16)8-12(13)18-14(19)9-17/h6-8H,4-5,9-10H2,1-3H3. The van der Waals surface area contributed by atoms with Crippen LogP contribution in [0.2, 0.25) is 0 Å². The highest BCUT2D eigenvalue weighted by Gasteiger charge is 2.27. The van der Waals surface area contributed by atoms with E-state index < -0.39 is 0 Å². The largest absolute Gasteiger partial charge is 0.326 e. The number of hydrogen-bond donors (Lipinski definition) is 0. The van der Waals surface area contributed by atoms with Gasteiger partial charge >= 0.3 is 0 Å². The molecule has 20 heavy (non-hydrogen) atoms. The van der Waals surface area contributed by atoms with E-state index in [4.69, 9.17) is 11.6 Å². The van der Waals surface area contributed by atoms with Gasteiger partial charge in [-0.15, -0.1) is 11.6 Å². The molecule has 2 nitrogen and oxygen atoms in total. The molecule has 0 atom stereocenters. The average Bonchev–Trinajstić information content (AvgIpc) is 2.81. The Morgan fingerprint density at radius 2 is 2.05 bits per heavy atom. The third kappa shape index (κ3) is 3.02. The van der Waals surface area contributed by atoms with E-state index in [1.54, 1.807) is 0 Å². The van der Waals surface area contributed by atoms with E-state index in [0.29, 0.717) is 5.88 Å². The van der Waals surface area contributed by atoms with Crippen molar-refractivity contribution in [3.05, 3.63) is 28.5 Å². The van der Waals surface area contributed by atoms with Crippen LogP contribution in [0.4, 0.5) is 0 Å². The van der Waals surface area contributed by atoms with Gasteiger partial charge < -0.3 is 4.57 Å². The fourth-order valence-corrected chi connectivity index (χ4v) is 3.93. The molecular formula is C15H20BrClN2S. The van der Waals surface area contributed by atoms with E-state index in [0.717, 1.165) is 35.2 Å². The van der Waals surface area contributed by atoms with Crippen molar-refractivity contribution in [2.24, 2.45) is 0 Å². The first kappa shape index (κ1) is 16.2. The van der Waals surface area contributed by atoms with Gasteiger partial charge in [-0.25, -0.2) is 4.98 Å². The molecule has 5 heteroatoms. The van der Waals surface area contributed by atoms with Gasteiger partial charge in [0.2, 0.25) is 0 Å². The Hall–Kier alpha value is -0.190. The predicted octanol–water partition coefficient (Wildman–Crippen LogP) is 5.46. The van der Waals surface area contributed by atoms with Gasteiger partial charge in [0.25, 0.3) is 0 Å². The molecule has 0 aliphatic rings. The molecule has 2 rings (SSSR count). The summed E-state index contributed by atoms with van der Waals surface area (Å²) in [5.74, 6) is 1.41. The zero-order valence-electron chi connectivity index (χ0n) is 12.1. The third-order valence-corrected chi connectivity index (χ3v) is 6.38. The molecule has 2 aromatic rings. The minimum Gasteiger partial charge on any atom is -0.326 e. The summed E-state index contributed by atoms with van der Waals surface area (Å²) in [6, 6.07) is 6.25. The summed E-state index contributed by atoms with van der Waals surface area (Å²) in [5, 5.41) is 0. The van der Waals surface area contributed by atoms with Gasteiger partial charge in [0.15, 0.2) is 0 Å². The maximum absolute atomic E-state index is 6.10. The molecule has 1 heterocycles.